The quantitative estimate of drug-likeness (QED) is 0.565. The van der Waals surface area contributed by atoms with Crippen molar-refractivity contribution in [2.24, 2.45) is 0 Å². The van der Waals surface area contributed by atoms with Crippen LogP contribution in [-0.2, 0) is 0 Å². The van der Waals surface area contributed by atoms with Gasteiger partial charge in [0.15, 0.2) is 0 Å². The predicted octanol–water partition coefficient (Wildman–Crippen LogP) is 0.499. The molecule has 0 aliphatic heterocycles. The average Bonchev–Trinajstić information content (AvgIpc) is 0.811. The van der Waals surface area contributed by atoms with Crippen LogP contribution in [0.1, 0.15) is 0 Å². The Balaban J connectivity index is 0. The summed E-state index contributed by atoms with van der Waals surface area (Å²) in [5.74, 6) is 0. The molecular formula is BBiF3. The Kier molecular flexibility index (Phi) is 8.74. The monoisotopic (exact) mass is 277 g/mol. The van der Waals surface area contributed by atoms with Crippen LogP contribution in [0, 0.1) is 0 Å². The van der Waals surface area contributed by atoms with Gasteiger partial charge in [0, 0.05) is 26.2 Å². The Morgan fingerprint density at radius 1 is 1.00 bits per heavy atom. The van der Waals surface area contributed by atoms with Crippen molar-refractivity contribution in [3.05, 3.63) is 0 Å². The van der Waals surface area contributed by atoms with Crippen LogP contribution < -0.4 is 0 Å². The maximum atomic E-state index is 9.67. The Morgan fingerprint density at radius 3 is 1.00 bits per heavy atom. The van der Waals surface area contributed by atoms with Crippen LogP contribution in [0.25, 0.3) is 0 Å². The van der Waals surface area contributed by atoms with Crippen molar-refractivity contribution in [2.75, 3.05) is 0 Å². The van der Waals surface area contributed by atoms with Gasteiger partial charge in [-0.2, -0.15) is 0 Å². The Bertz CT molecular complexity index is 11.6. The molecule has 0 saturated carbocycles. The van der Waals surface area contributed by atoms with E-state index in [1.165, 1.54) is 0 Å². The van der Waals surface area contributed by atoms with Crippen LogP contribution in [0.4, 0.5) is 12.9 Å². The SMILES string of the molecule is FB(F)F.[Bi]. The first-order valence-electron chi connectivity index (χ1n) is 0.655. The van der Waals surface area contributed by atoms with Crippen LogP contribution in [0.2, 0.25) is 0 Å². The summed E-state index contributed by atoms with van der Waals surface area (Å²) in [4.78, 5) is 0. The molecule has 5 heteroatoms. The van der Waals surface area contributed by atoms with Gasteiger partial charge in [-0.05, 0) is 0 Å². The van der Waals surface area contributed by atoms with Gasteiger partial charge in [-0.25, -0.2) is 0 Å². The van der Waals surface area contributed by atoms with E-state index in [0.717, 1.165) is 0 Å². The Labute approximate surface area is 47.1 Å². The molecule has 0 heterocycles. The smallest absolute Gasteiger partial charge is 0.254 e. The molecule has 0 spiro atoms. The summed E-state index contributed by atoms with van der Waals surface area (Å²) in [6.07, 6.45) is 0. The van der Waals surface area contributed by atoms with E-state index in [1.54, 1.807) is 0 Å². The topological polar surface area (TPSA) is 0 Å². The van der Waals surface area contributed by atoms with Gasteiger partial charge in [0.1, 0.15) is 0 Å². The molecule has 0 bridgehead atoms. The molecule has 0 unspecified atom stereocenters. The largest absolute Gasteiger partial charge is 0.762 e. The van der Waals surface area contributed by atoms with Crippen molar-refractivity contribution in [3.8, 4) is 0 Å². The van der Waals surface area contributed by atoms with Gasteiger partial charge in [0.05, 0.1) is 0 Å². The maximum Gasteiger partial charge on any atom is 0.762 e. The van der Waals surface area contributed by atoms with E-state index in [2.05, 4.69) is 0 Å². The van der Waals surface area contributed by atoms with E-state index < -0.39 is 7.54 Å². The molecule has 3 radical (unpaired) electrons. The molecule has 0 nitrogen and oxygen atoms in total. The number of hydrogen-bond acceptors (Lipinski definition) is 0. The van der Waals surface area contributed by atoms with Crippen LogP contribution in [-0.4, -0.2) is 33.7 Å². The zero-order valence-corrected chi connectivity index (χ0v) is 5.64. The molecule has 0 aromatic rings. The minimum Gasteiger partial charge on any atom is -0.254 e. The van der Waals surface area contributed by atoms with Crippen molar-refractivity contribution in [1.29, 1.82) is 0 Å². The second kappa shape index (κ2) is 4.74. The summed E-state index contributed by atoms with van der Waals surface area (Å²) in [5.41, 5.74) is 0. The summed E-state index contributed by atoms with van der Waals surface area (Å²) in [6.45, 7) is 0. The zero-order valence-electron chi connectivity index (χ0n) is 2.16. The summed E-state index contributed by atoms with van der Waals surface area (Å²) >= 11 is 0. The fraction of sp³-hybridized carbons (Fsp3) is 0. The van der Waals surface area contributed by atoms with Gasteiger partial charge in [0.2, 0.25) is 0 Å². The number of hydrogen-bond donors (Lipinski definition) is 0. The van der Waals surface area contributed by atoms with Crippen LogP contribution in [0.3, 0.4) is 0 Å². The maximum absolute atomic E-state index is 9.67. The molecule has 0 amide bonds. The third-order valence-electron chi connectivity index (χ3n) is 0. The minimum atomic E-state index is -3.67. The molecule has 0 saturated heterocycles. The van der Waals surface area contributed by atoms with E-state index in [-0.39, 0.29) is 26.2 Å². The van der Waals surface area contributed by atoms with Gasteiger partial charge in [-0.15, -0.1) is 0 Å². The van der Waals surface area contributed by atoms with Crippen LogP contribution in [0.15, 0.2) is 0 Å². The van der Waals surface area contributed by atoms with Crippen molar-refractivity contribution < 1.29 is 12.9 Å². The summed E-state index contributed by atoms with van der Waals surface area (Å²) in [7, 11) is -3.67. The number of rotatable bonds is 0. The summed E-state index contributed by atoms with van der Waals surface area (Å²) in [5, 5.41) is 0. The van der Waals surface area contributed by atoms with Crippen molar-refractivity contribution in [1.82, 2.24) is 0 Å². The molecule has 0 fully saturated rings. The van der Waals surface area contributed by atoms with Gasteiger partial charge in [-0.1, -0.05) is 0 Å². The fourth-order valence-corrected chi connectivity index (χ4v) is 0. The summed E-state index contributed by atoms with van der Waals surface area (Å²) < 4.78 is 29.0. The fourth-order valence-electron chi connectivity index (χ4n) is 0. The summed E-state index contributed by atoms with van der Waals surface area (Å²) in [6, 6.07) is 0. The third-order valence-corrected chi connectivity index (χ3v) is 0. The molecule has 0 aromatic carbocycles. The second-order valence-electron chi connectivity index (χ2n) is 0.247. The van der Waals surface area contributed by atoms with Crippen LogP contribution in [0.5, 0.6) is 0 Å². The van der Waals surface area contributed by atoms with Crippen molar-refractivity contribution in [3.63, 3.8) is 0 Å². The van der Waals surface area contributed by atoms with E-state index in [1.807, 2.05) is 0 Å². The van der Waals surface area contributed by atoms with Gasteiger partial charge in [-0.3, -0.25) is 12.9 Å². The van der Waals surface area contributed by atoms with Gasteiger partial charge in [0.25, 0.3) is 0 Å². The number of halogens is 3. The Hall–Kier alpha value is 0.738. The molecule has 0 aromatic heterocycles. The Morgan fingerprint density at radius 2 is 1.00 bits per heavy atom. The van der Waals surface area contributed by atoms with Gasteiger partial charge >= 0.3 is 7.54 Å². The van der Waals surface area contributed by atoms with E-state index in [4.69, 9.17) is 0 Å². The first-order valence-corrected chi connectivity index (χ1v) is 0.655. The minimum absolute atomic E-state index is 0. The first-order chi connectivity index (χ1) is 1.73. The first kappa shape index (κ1) is 9.22. The van der Waals surface area contributed by atoms with Crippen molar-refractivity contribution in [2.45, 2.75) is 0 Å². The molecule has 0 aliphatic carbocycles. The van der Waals surface area contributed by atoms with E-state index >= 15 is 0 Å². The molecule has 0 N–H and O–H groups in total. The van der Waals surface area contributed by atoms with E-state index in [0.29, 0.717) is 0 Å². The predicted molar refractivity (Wildman–Crippen MR) is 14.8 cm³/mol. The third kappa shape index (κ3) is 65.2. The molecular weight excluding hydrogens is 277 g/mol. The van der Waals surface area contributed by atoms with Crippen LogP contribution >= 0.6 is 0 Å². The average molecular weight is 277 g/mol. The normalized spacial score (nSPS) is 5.40. The zero-order chi connectivity index (χ0) is 3.58. The van der Waals surface area contributed by atoms with Gasteiger partial charge < -0.3 is 0 Å². The molecule has 0 atom stereocenters. The standard InChI is InChI=1S/BF3.Bi/c2-1(3)4;. The van der Waals surface area contributed by atoms with E-state index in [9.17, 15) is 12.9 Å². The second-order valence-corrected chi connectivity index (χ2v) is 0.247. The molecule has 0 aliphatic rings. The van der Waals surface area contributed by atoms with Crippen molar-refractivity contribution >= 4 is 33.7 Å². The molecule has 29 valence electrons. The molecule has 0 rings (SSSR count). The molecule has 5 heavy (non-hydrogen) atoms.